The molecule has 3 rings (SSSR count). The van der Waals surface area contributed by atoms with Crippen LogP contribution in [0.5, 0.6) is 5.75 Å². The van der Waals surface area contributed by atoms with Gasteiger partial charge in [0.2, 0.25) is 0 Å². The number of carbonyl (C=O) groups is 1. The first-order valence-corrected chi connectivity index (χ1v) is 6.75. The van der Waals surface area contributed by atoms with Gasteiger partial charge in [-0.25, -0.2) is 4.79 Å². The number of nitrogens with one attached hydrogen (secondary N) is 1. The van der Waals surface area contributed by atoms with Crippen LogP contribution < -0.4 is 4.65 Å². The van der Waals surface area contributed by atoms with E-state index >= 15 is 0 Å². The molecule has 1 aliphatic rings. The predicted molar refractivity (Wildman–Crippen MR) is 71.7 cm³/mol. The Morgan fingerprint density at radius 1 is 1.55 bits per heavy atom. The van der Waals surface area contributed by atoms with Gasteiger partial charge in [0, 0.05) is 0 Å². The highest BCUT2D eigenvalue weighted by molar-refractivity contribution is 8.01. The standard InChI is InChI=1S/C11H10BN3O4S/c16-10(17)7-3-1-2-6-4-8(12(18)19-9(6)7)20-11-13-5-14-15-11/h1-3,5,8,18H,4H2,(H,16,17)(H,13,14,15). The van der Waals surface area contributed by atoms with Crippen LogP contribution in [0.1, 0.15) is 15.9 Å². The van der Waals surface area contributed by atoms with Crippen molar-refractivity contribution in [1.82, 2.24) is 15.2 Å². The van der Waals surface area contributed by atoms with Crippen molar-refractivity contribution in [2.24, 2.45) is 0 Å². The molecule has 0 aliphatic carbocycles. The summed E-state index contributed by atoms with van der Waals surface area (Å²) in [6, 6.07) is 4.92. The maximum absolute atomic E-state index is 11.1. The first kappa shape index (κ1) is 13.0. The van der Waals surface area contributed by atoms with E-state index in [2.05, 4.69) is 15.2 Å². The Morgan fingerprint density at radius 2 is 2.40 bits per heavy atom. The number of carboxylic acid groups (broad SMARTS) is 1. The lowest BCUT2D eigenvalue weighted by Crippen LogP contribution is -2.40. The SMILES string of the molecule is O=C(O)c1cccc2c1OB(O)C(Sc1nnc[nH]1)C2. The number of hydrogen-bond acceptors (Lipinski definition) is 6. The molecule has 0 fully saturated rings. The molecule has 2 aromatic rings. The van der Waals surface area contributed by atoms with Crippen molar-refractivity contribution < 1.29 is 19.6 Å². The fourth-order valence-electron chi connectivity index (χ4n) is 2.06. The van der Waals surface area contributed by atoms with Gasteiger partial charge in [0.05, 0.1) is 10.7 Å². The monoisotopic (exact) mass is 291 g/mol. The summed E-state index contributed by atoms with van der Waals surface area (Å²) in [5, 5.41) is 26.9. The summed E-state index contributed by atoms with van der Waals surface area (Å²) in [6.07, 6.45) is 1.94. The number of para-hydroxylation sites is 1. The van der Waals surface area contributed by atoms with Gasteiger partial charge in [-0.15, -0.1) is 10.2 Å². The molecular weight excluding hydrogens is 281 g/mol. The highest BCUT2D eigenvalue weighted by Gasteiger charge is 2.37. The molecule has 9 heteroatoms. The van der Waals surface area contributed by atoms with Crippen LogP contribution in [0.25, 0.3) is 0 Å². The first-order valence-electron chi connectivity index (χ1n) is 5.88. The fourth-order valence-corrected chi connectivity index (χ4v) is 3.00. The summed E-state index contributed by atoms with van der Waals surface area (Å²) in [5.74, 6) is -0.836. The second-order valence-corrected chi connectivity index (χ2v) is 5.49. The summed E-state index contributed by atoms with van der Waals surface area (Å²) in [4.78, 5) is 14.0. The lowest BCUT2D eigenvalue weighted by atomic mass is 9.77. The Morgan fingerprint density at radius 3 is 3.10 bits per heavy atom. The highest BCUT2D eigenvalue weighted by atomic mass is 32.2. The van der Waals surface area contributed by atoms with Crippen molar-refractivity contribution >= 4 is 24.8 Å². The van der Waals surface area contributed by atoms with Crippen molar-refractivity contribution in [3.63, 3.8) is 0 Å². The Hall–Kier alpha value is -2.00. The van der Waals surface area contributed by atoms with E-state index in [1.54, 1.807) is 12.1 Å². The smallest absolute Gasteiger partial charge is 0.535 e. The number of H-pyrrole nitrogens is 1. The molecule has 0 radical (unpaired) electrons. The van der Waals surface area contributed by atoms with Crippen LogP contribution >= 0.6 is 11.8 Å². The lowest BCUT2D eigenvalue weighted by Gasteiger charge is -2.27. The van der Waals surface area contributed by atoms with Crippen molar-refractivity contribution in [1.29, 1.82) is 0 Å². The van der Waals surface area contributed by atoms with Gasteiger partial charge in [-0.05, 0) is 18.1 Å². The molecular formula is C11H10BN3O4S. The molecule has 3 N–H and O–H groups in total. The minimum atomic E-state index is -1.10. The lowest BCUT2D eigenvalue weighted by molar-refractivity contribution is 0.0694. The predicted octanol–water partition coefficient (Wildman–Crippen LogP) is 0.618. The highest BCUT2D eigenvalue weighted by Crippen LogP contribution is 2.35. The zero-order valence-corrected chi connectivity index (χ0v) is 11.0. The maximum Gasteiger partial charge on any atom is 0.537 e. The number of aromatic carboxylic acids is 1. The number of benzene rings is 1. The molecule has 0 amide bonds. The summed E-state index contributed by atoms with van der Waals surface area (Å²) in [5.41, 5.74) is 0.817. The topological polar surface area (TPSA) is 108 Å². The van der Waals surface area contributed by atoms with E-state index in [0.717, 1.165) is 5.56 Å². The molecule has 7 nitrogen and oxygen atoms in total. The Kier molecular flexibility index (Phi) is 3.37. The van der Waals surface area contributed by atoms with Crippen molar-refractivity contribution in [2.45, 2.75) is 16.7 Å². The van der Waals surface area contributed by atoms with Gasteiger partial charge in [0.25, 0.3) is 0 Å². The van der Waals surface area contributed by atoms with E-state index in [-0.39, 0.29) is 16.5 Å². The second-order valence-electron chi connectivity index (χ2n) is 4.26. The number of nitrogens with zero attached hydrogens (tertiary/aromatic N) is 2. The van der Waals surface area contributed by atoms with Gasteiger partial charge in [0.15, 0.2) is 5.16 Å². The van der Waals surface area contributed by atoms with E-state index in [1.165, 1.54) is 24.2 Å². The molecule has 1 aromatic heterocycles. The second kappa shape index (κ2) is 5.18. The molecule has 0 saturated carbocycles. The van der Waals surface area contributed by atoms with Crippen LogP contribution in [0.15, 0.2) is 29.7 Å². The molecule has 0 saturated heterocycles. The summed E-state index contributed by atoms with van der Waals surface area (Å²) < 4.78 is 5.38. The van der Waals surface area contributed by atoms with Gasteiger partial charge < -0.3 is 19.8 Å². The normalized spacial score (nSPS) is 17.4. The van der Waals surface area contributed by atoms with Crippen LogP contribution in [-0.4, -0.2) is 43.5 Å². The number of hydrogen-bond donors (Lipinski definition) is 3. The molecule has 102 valence electrons. The number of thioether (sulfide) groups is 1. The fraction of sp³-hybridized carbons (Fsp3) is 0.182. The van der Waals surface area contributed by atoms with Gasteiger partial charge >= 0.3 is 13.1 Å². The zero-order valence-electron chi connectivity index (χ0n) is 10.2. The molecule has 1 aromatic carbocycles. The molecule has 1 unspecified atom stereocenters. The Balaban J connectivity index is 1.87. The molecule has 0 bridgehead atoms. The van der Waals surface area contributed by atoms with Gasteiger partial charge in [-0.1, -0.05) is 23.9 Å². The minimum Gasteiger partial charge on any atom is -0.535 e. The number of fused-ring (bicyclic) bond motifs is 1. The third-order valence-corrected chi connectivity index (χ3v) is 4.09. The van der Waals surface area contributed by atoms with E-state index < -0.39 is 13.1 Å². The summed E-state index contributed by atoms with van der Waals surface area (Å²) in [7, 11) is -1.10. The number of aromatic nitrogens is 3. The quantitative estimate of drug-likeness (QED) is 0.711. The molecule has 1 atom stereocenters. The Bertz CT molecular complexity index is 637. The number of carboxylic acids is 1. The largest absolute Gasteiger partial charge is 0.537 e. The zero-order chi connectivity index (χ0) is 14.1. The van der Waals surface area contributed by atoms with Crippen molar-refractivity contribution in [2.75, 3.05) is 0 Å². The maximum atomic E-state index is 11.1. The summed E-state index contributed by atoms with van der Waals surface area (Å²) in [6.45, 7) is 0. The summed E-state index contributed by atoms with van der Waals surface area (Å²) >= 11 is 1.31. The minimum absolute atomic E-state index is 0.0599. The first-order chi connectivity index (χ1) is 9.65. The van der Waals surface area contributed by atoms with E-state index in [1.807, 2.05) is 0 Å². The van der Waals surface area contributed by atoms with Gasteiger partial charge in [0.1, 0.15) is 12.1 Å². The van der Waals surface area contributed by atoms with Crippen LogP contribution in [0.3, 0.4) is 0 Å². The average molecular weight is 291 g/mol. The molecule has 0 spiro atoms. The van der Waals surface area contributed by atoms with Crippen LogP contribution in [0.2, 0.25) is 0 Å². The van der Waals surface area contributed by atoms with Gasteiger partial charge in [-0.3, -0.25) is 0 Å². The van der Waals surface area contributed by atoms with E-state index in [4.69, 9.17) is 9.76 Å². The molecule has 1 aliphatic heterocycles. The van der Waals surface area contributed by atoms with Crippen molar-refractivity contribution in [3.05, 3.63) is 35.7 Å². The van der Waals surface area contributed by atoms with E-state index in [9.17, 15) is 9.82 Å². The molecule has 2 heterocycles. The van der Waals surface area contributed by atoms with Crippen LogP contribution in [-0.2, 0) is 6.42 Å². The van der Waals surface area contributed by atoms with Crippen LogP contribution in [0, 0.1) is 0 Å². The van der Waals surface area contributed by atoms with Crippen LogP contribution in [0.4, 0.5) is 0 Å². The van der Waals surface area contributed by atoms with Gasteiger partial charge in [-0.2, -0.15) is 0 Å². The third kappa shape index (κ3) is 2.37. The van der Waals surface area contributed by atoms with Crippen molar-refractivity contribution in [3.8, 4) is 5.75 Å². The number of aromatic amines is 1. The number of rotatable bonds is 3. The third-order valence-electron chi connectivity index (χ3n) is 2.96. The molecule has 20 heavy (non-hydrogen) atoms. The Labute approximate surface area is 118 Å². The average Bonchev–Trinajstić information content (AvgIpc) is 2.91. The van der Waals surface area contributed by atoms with E-state index in [0.29, 0.717) is 11.6 Å².